The minimum atomic E-state index is -0.616. The van der Waals surface area contributed by atoms with Crippen molar-refractivity contribution in [3.63, 3.8) is 0 Å². The van der Waals surface area contributed by atoms with Crippen LogP contribution in [0.25, 0.3) is 0 Å². The van der Waals surface area contributed by atoms with Gasteiger partial charge >= 0.3 is 0 Å². The highest BCUT2D eigenvalue weighted by Gasteiger charge is 2.23. The third kappa shape index (κ3) is 4.47. The second-order valence-electron chi connectivity index (χ2n) is 4.87. The summed E-state index contributed by atoms with van der Waals surface area (Å²) in [5.41, 5.74) is 3.69. The highest BCUT2D eigenvalue weighted by molar-refractivity contribution is 14.1. The van der Waals surface area contributed by atoms with Gasteiger partial charge in [0.1, 0.15) is 5.75 Å². The molecule has 118 valence electrons. The van der Waals surface area contributed by atoms with Crippen molar-refractivity contribution in [1.29, 1.82) is 0 Å². The molecule has 1 atom stereocenters. The van der Waals surface area contributed by atoms with E-state index in [0.717, 1.165) is 36.2 Å². The van der Waals surface area contributed by atoms with E-state index in [9.17, 15) is 15.0 Å². The SMILES string of the molecule is CCOC=O.Cc1cc2c(c(O)c1C(C)O)CCCN2I. The molecule has 2 N–H and O–H groups in total. The van der Waals surface area contributed by atoms with Crippen LogP contribution in [-0.2, 0) is 16.0 Å². The number of anilines is 1. The number of carbonyl (C=O) groups is 1. The number of aliphatic hydroxyl groups excluding tert-OH is 1. The Hall–Kier alpha value is -1.02. The van der Waals surface area contributed by atoms with Gasteiger partial charge in [0.15, 0.2) is 0 Å². The minimum absolute atomic E-state index is 0.284. The Morgan fingerprint density at radius 3 is 2.71 bits per heavy atom. The molecule has 1 aromatic carbocycles. The fourth-order valence-corrected chi connectivity index (χ4v) is 3.19. The summed E-state index contributed by atoms with van der Waals surface area (Å²) in [6.07, 6.45) is 1.32. The number of phenolic OH excluding ortho intramolecular Hbond substituents is 1. The highest BCUT2D eigenvalue weighted by atomic mass is 127. The largest absolute Gasteiger partial charge is 0.507 e. The van der Waals surface area contributed by atoms with Crippen molar-refractivity contribution in [1.82, 2.24) is 0 Å². The lowest BCUT2D eigenvalue weighted by molar-refractivity contribution is -0.128. The standard InChI is InChI=1S/C12H16INO2.C3H6O2/c1-7-6-10-9(4-3-5-14(10)13)12(16)11(7)8(2)15;1-2-5-3-4/h6,8,15-16H,3-5H2,1-2H3;3H,2H2,1H3. The molecular weight excluding hydrogens is 385 g/mol. The third-order valence-electron chi connectivity index (χ3n) is 3.32. The molecule has 5 nitrogen and oxygen atoms in total. The molecule has 0 saturated heterocycles. The first-order valence-corrected chi connectivity index (χ1v) is 7.92. The minimum Gasteiger partial charge on any atom is -0.507 e. The van der Waals surface area contributed by atoms with Gasteiger partial charge in [-0.15, -0.1) is 0 Å². The normalized spacial score (nSPS) is 14.6. The van der Waals surface area contributed by atoms with Crippen LogP contribution in [-0.4, -0.2) is 29.8 Å². The van der Waals surface area contributed by atoms with E-state index in [1.54, 1.807) is 13.8 Å². The predicted molar refractivity (Wildman–Crippen MR) is 90.9 cm³/mol. The molecule has 0 bridgehead atoms. The first-order chi connectivity index (χ1) is 9.93. The molecule has 0 spiro atoms. The maximum atomic E-state index is 10.2. The molecule has 1 heterocycles. The van der Waals surface area contributed by atoms with Gasteiger partial charge in [-0.2, -0.15) is 0 Å². The summed E-state index contributed by atoms with van der Waals surface area (Å²) in [4.78, 5) is 9.18. The first-order valence-electron chi connectivity index (χ1n) is 6.95. The molecule has 0 aromatic heterocycles. The summed E-state index contributed by atoms with van der Waals surface area (Å²) >= 11 is 2.27. The lowest BCUT2D eigenvalue weighted by Gasteiger charge is -2.28. The number of aromatic hydroxyl groups is 1. The molecule has 0 saturated carbocycles. The van der Waals surface area contributed by atoms with Gasteiger partial charge in [-0.1, -0.05) is 0 Å². The Morgan fingerprint density at radius 2 is 2.24 bits per heavy atom. The average molecular weight is 407 g/mol. The number of carbonyl (C=O) groups excluding carboxylic acids is 1. The van der Waals surface area contributed by atoms with E-state index >= 15 is 0 Å². The lowest BCUT2D eigenvalue weighted by atomic mass is 9.93. The fourth-order valence-electron chi connectivity index (χ4n) is 2.41. The van der Waals surface area contributed by atoms with Crippen LogP contribution in [0.4, 0.5) is 5.69 Å². The van der Waals surface area contributed by atoms with Crippen LogP contribution in [0.1, 0.15) is 43.1 Å². The topological polar surface area (TPSA) is 70.0 Å². The van der Waals surface area contributed by atoms with Crippen molar-refractivity contribution in [3.05, 3.63) is 22.8 Å². The average Bonchev–Trinajstić information content (AvgIpc) is 2.41. The van der Waals surface area contributed by atoms with Crippen molar-refractivity contribution in [2.75, 3.05) is 16.3 Å². The summed E-state index contributed by atoms with van der Waals surface area (Å²) in [6, 6.07) is 2.06. The molecule has 0 amide bonds. The van der Waals surface area contributed by atoms with E-state index < -0.39 is 6.10 Å². The van der Waals surface area contributed by atoms with Crippen LogP contribution >= 0.6 is 22.9 Å². The lowest BCUT2D eigenvalue weighted by Crippen LogP contribution is -2.19. The summed E-state index contributed by atoms with van der Waals surface area (Å²) in [5, 5.41) is 19.9. The van der Waals surface area contributed by atoms with Gasteiger partial charge in [0.25, 0.3) is 6.47 Å². The monoisotopic (exact) mass is 407 g/mol. The van der Waals surface area contributed by atoms with Gasteiger partial charge in [-0.3, -0.25) is 4.79 Å². The Morgan fingerprint density at radius 1 is 1.57 bits per heavy atom. The van der Waals surface area contributed by atoms with Gasteiger partial charge in [0.05, 0.1) is 41.3 Å². The zero-order valence-electron chi connectivity index (χ0n) is 12.6. The molecule has 0 fully saturated rings. The van der Waals surface area contributed by atoms with Crippen molar-refractivity contribution in [2.45, 2.75) is 39.7 Å². The number of hydrogen-bond acceptors (Lipinski definition) is 5. The van der Waals surface area contributed by atoms with Crippen molar-refractivity contribution in [2.24, 2.45) is 0 Å². The fraction of sp³-hybridized carbons (Fsp3) is 0.533. The number of benzene rings is 1. The van der Waals surface area contributed by atoms with Gasteiger partial charge in [-0.05, 0) is 45.2 Å². The number of halogens is 1. The number of ether oxygens (including phenoxy) is 1. The van der Waals surface area contributed by atoms with E-state index in [4.69, 9.17) is 0 Å². The summed E-state index contributed by atoms with van der Waals surface area (Å²) < 4.78 is 6.29. The van der Waals surface area contributed by atoms with Crippen LogP contribution < -0.4 is 3.11 Å². The van der Waals surface area contributed by atoms with Gasteiger partial charge < -0.3 is 18.1 Å². The van der Waals surface area contributed by atoms with Gasteiger partial charge in [0, 0.05) is 17.7 Å². The molecule has 21 heavy (non-hydrogen) atoms. The van der Waals surface area contributed by atoms with Crippen LogP contribution in [0.2, 0.25) is 0 Å². The van der Waals surface area contributed by atoms with E-state index in [-0.39, 0.29) is 5.75 Å². The van der Waals surface area contributed by atoms with Crippen LogP contribution in [0.3, 0.4) is 0 Å². The molecule has 1 aromatic rings. The highest BCUT2D eigenvalue weighted by Crippen LogP contribution is 2.41. The second-order valence-corrected chi connectivity index (χ2v) is 6.03. The number of phenols is 1. The van der Waals surface area contributed by atoms with Crippen LogP contribution in [0.15, 0.2) is 6.07 Å². The number of aliphatic hydroxyl groups is 1. The van der Waals surface area contributed by atoms with Crippen molar-refractivity contribution < 1.29 is 19.7 Å². The van der Waals surface area contributed by atoms with Gasteiger partial charge in [0.2, 0.25) is 0 Å². The molecule has 1 aliphatic rings. The quantitative estimate of drug-likeness (QED) is 0.458. The number of rotatable bonds is 3. The molecule has 0 radical (unpaired) electrons. The molecule has 1 unspecified atom stereocenters. The zero-order valence-corrected chi connectivity index (χ0v) is 14.8. The Balaban J connectivity index is 0.000000383. The number of aryl methyl sites for hydroxylation is 1. The third-order valence-corrected chi connectivity index (χ3v) is 4.33. The Labute approximate surface area is 139 Å². The van der Waals surface area contributed by atoms with E-state index in [1.165, 1.54) is 0 Å². The molecule has 6 heteroatoms. The second kappa shape index (κ2) is 8.43. The smallest absolute Gasteiger partial charge is 0.293 e. The molecule has 1 aliphatic heterocycles. The first kappa shape index (κ1) is 18.0. The van der Waals surface area contributed by atoms with Crippen LogP contribution in [0, 0.1) is 6.92 Å². The van der Waals surface area contributed by atoms with E-state index in [0.29, 0.717) is 18.6 Å². The predicted octanol–water partition coefficient (Wildman–Crippen LogP) is 3.04. The Kier molecular flexibility index (Phi) is 7.24. The summed E-state index contributed by atoms with van der Waals surface area (Å²) in [7, 11) is 0. The Bertz CT molecular complexity index is 491. The van der Waals surface area contributed by atoms with Crippen molar-refractivity contribution in [3.8, 4) is 5.75 Å². The van der Waals surface area contributed by atoms with Crippen molar-refractivity contribution >= 4 is 35.0 Å². The molecule has 2 rings (SSSR count). The number of hydrogen-bond donors (Lipinski definition) is 2. The summed E-state index contributed by atoms with van der Waals surface area (Å²) in [5.74, 6) is 0.284. The maximum Gasteiger partial charge on any atom is 0.293 e. The van der Waals surface area contributed by atoms with E-state index in [1.807, 2.05) is 6.92 Å². The van der Waals surface area contributed by atoms with E-state index in [2.05, 4.69) is 36.8 Å². The molecule has 0 aliphatic carbocycles. The number of nitrogens with zero attached hydrogens (tertiary/aromatic N) is 1. The van der Waals surface area contributed by atoms with Crippen LogP contribution in [0.5, 0.6) is 5.75 Å². The number of fused-ring (bicyclic) bond motifs is 1. The molecular formula is C15H22INO4. The maximum absolute atomic E-state index is 10.2. The summed E-state index contributed by atoms with van der Waals surface area (Å²) in [6.45, 7) is 7.30. The van der Waals surface area contributed by atoms with Gasteiger partial charge in [-0.25, -0.2) is 0 Å². The zero-order chi connectivity index (χ0) is 16.0.